The number of benzene rings is 3. The van der Waals surface area contributed by atoms with Crippen LogP contribution in [0.15, 0.2) is 97.2 Å². The quantitative estimate of drug-likeness (QED) is 0.393. The smallest absolute Gasteiger partial charge is 0.244 e. The van der Waals surface area contributed by atoms with Crippen LogP contribution in [0, 0.1) is 6.92 Å². The van der Waals surface area contributed by atoms with E-state index < -0.39 is 17.9 Å². The predicted molar refractivity (Wildman–Crippen MR) is 133 cm³/mol. The lowest BCUT2D eigenvalue weighted by molar-refractivity contribution is -0.125. The van der Waals surface area contributed by atoms with Crippen LogP contribution in [0.5, 0.6) is 0 Å². The van der Waals surface area contributed by atoms with E-state index in [1.807, 2.05) is 78.5 Å². The highest BCUT2D eigenvalue weighted by Gasteiger charge is 2.19. The molecule has 1 aromatic heterocycles. The van der Waals surface area contributed by atoms with E-state index in [-0.39, 0.29) is 0 Å². The molecule has 170 valence electrons. The van der Waals surface area contributed by atoms with Crippen LogP contribution in [0.2, 0.25) is 0 Å². The average Bonchev–Trinajstić information content (AvgIpc) is 3.25. The van der Waals surface area contributed by atoms with Crippen LogP contribution in [0.4, 0.5) is 0 Å². The number of amides is 2. The first-order valence-electron chi connectivity index (χ1n) is 11.0. The van der Waals surface area contributed by atoms with Gasteiger partial charge in [-0.15, -0.1) is 0 Å². The van der Waals surface area contributed by atoms with E-state index in [1.54, 1.807) is 30.3 Å². The molecule has 0 radical (unpaired) electrons. The van der Waals surface area contributed by atoms with Crippen LogP contribution >= 0.6 is 0 Å². The SMILES string of the molecule is Cc1ccc(-c2nn(Cc3ccccc3)cc2/C=C/C(=O)NC(C(N)=O)c2ccccc2)cc1. The highest BCUT2D eigenvalue weighted by atomic mass is 16.2. The molecule has 0 fully saturated rings. The number of nitrogens with two attached hydrogens (primary N) is 1. The Morgan fingerprint density at radius 3 is 2.26 bits per heavy atom. The number of hydrogen-bond donors (Lipinski definition) is 2. The highest BCUT2D eigenvalue weighted by Crippen LogP contribution is 2.24. The van der Waals surface area contributed by atoms with Crippen LogP contribution in [0.1, 0.15) is 28.3 Å². The zero-order chi connectivity index (χ0) is 23.9. The lowest BCUT2D eigenvalue weighted by atomic mass is 10.1. The summed E-state index contributed by atoms with van der Waals surface area (Å²) in [6, 6.07) is 26.2. The van der Waals surface area contributed by atoms with Crippen LogP contribution in [0.25, 0.3) is 17.3 Å². The molecule has 3 aromatic carbocycles. The number of hydrogen-bond acceptors (Lipinski definition) is 3. The van der Waals surface area contributed by atoms with Crippen molar-refractivity contribution < 1.29 is 9.59 Å². The lowest BCUT2D eigenvalue weighted by Gasteiger charge is -2.14. The summed E-state index contributed by atoms with van der Waals surface area (Å²) in [6.07, 6.45) is 5.03. The molecule has 4 rings (SSSR count). The molecule has 1 unspecified atom stereocenters. The largest absolute Gasteiger partial charge is 0.368 e. The molecule has 0 spiro atoms. The van der Waals surface area contributed by atoms with Gasteiger partial charge in [-0.05, 0) is 24.1 Å². The molecular weight excluding hydrogens is 424 g/mol. The Labute approximate surface area is 198 Å². The molecule has 6 heteroatoms. The van der Waals surface area contributed by atoms with Crippen LogP contribution < -0.4 is 11.1 Å². The predicted octanol–water partition coefficient (Wildman–Crippen LogP) is 4.26. The van der Waals surface area contributed by atoms with Crippen molar-refractivity contribution in [1.29, 1.82) is 0 Å². The van der Waals surface area contributed by atoms with Crippen LogP contribution in [-0.2, 0) is 16.1 Å². The minimum Gasteiger partial charge on any atom is -0.368 e. The molecule has 0 aliphatic heterocycles. The second-order valence-electron chi connectivity index (χ2n) is 8.07. The van der Waals surface area contributed by atoms with Crippen molar-refractivity contribution in [3.63, 3.8) is 0 Å². The first-order valence-corrected chi connectivity index (χ1v) is 11.0. The standard InChI is InChI=1S/C28H26N4O2/c1-20-12-14-23(15-13-20)26-24(19-32(31-26)18-21-8-4-2-5-9-21)16-17-25(33)30-27(28(29)34)22-10-6-3-7-11-22/h2-17,19,27H,18H2,1H3,(H2,29,34)(H,30,33)/b17-16+. The lowest BCUT2D eigenvalue weighted by Crippen LogP contribution is -2.36. The minimum absolute atomic E-state index is 0.418. The Bertz CT molecular complexity index is 1290. The number of rotatable bonds is 8. The van der Waals surface area contributed by atoms with Gasteiger partial charge in [-0.1, -0.05) is 90.5 Å². The van der Waals surface area contributed by atoms with Crippen molar-refractivity contribution in [3.05, 3.63) is 119 Å². The van der Waals surface area contributed by atoms with Gasteiger partial charge >= 0.3 is 0 Å². The molecule has 0 aliphatic rings. The number of aromatic nitrogens is 2. The zero-order valence-electron chi connectivity index (χ0n) is 18.9. The number of aryl methyl sites for hydroxylation is 1. The molecule has 0 aliphatic carbocycles. The van der Waals surface area contributed by atoms with Gasteiger partial charge in [0, 0.05) is 23.4 Å². The Morgan fingerprint density at radius 2 is 1.62 bits per heavy atom. The molecule has 4 aromatic rings. The number of nitrogens with one attached hydrogen (secondary N) is 1. The summed E-state index contributed by atoms with van der Waals surface area (Å²) < 4.78 is 1.86. The second-order valence-corrected chi connectivity index (χ2v) is 8.07. The second kappa shape index (κ2) is 10.4. The van der Waals surface area contributed by atoms with E-state index >= 15 is 0 Å². The average molecular weight is 451 g/mol. The Balaban J connectivity index is 1.59. The normalized spacial score (nSPS) is 11.9. The molecule has 2 amide bonds. The Kier molecular flexibility index (Phi) is 6.98. The first-order chi connectivity index (χ1) is 16.5. The molecule has 0 saturated heterocycles. The third-order valence-corrected chi connectivity index (χ3v) is 5.42. The minimum atomic E-state index is -0.907. The molecule has 6 nitrogen and oxygen atoms in total. The van der Waals surface area contributed by atoms with Crippen molar-refractivity contribution >= 4 is 17.9 Å². The van der Waals surface area contributed by atoms with Gasteiger partial charge in [-0.3, -0.25) is 14.3 Å². The molecular formula is C28H26N4O2. The van der Waals surface area contributed by atoms with Gasteiger partial charge in [0.1, 0.15) is 6.04 Å². The third-order valence-electron chi connectivity index (χ3n) is 5.42. The van der Waals surface area contributed by atoms with Crippen molar-refractivity contribution in [3.8, 4) is 11.3 Å². The molecule has 0 bridgehead atoms. The molecule has 34 heavy (non-hydrogen) atoms. The number of primary amides is 1. The van der Waals surface area contributed by atoms with E-state index in [1.165, 1.54) is 6.08 Å². The summed E-state index contributed by atoms with van der Waals surface area (Å²) >= 11 is 0. The van der Waals surface area contributed by atoms with E-state index in [4.69, 9.17) is 10.8 Å². The molecule has 1 heterocycles. The third kappa shape index (κ3) is 5.66. The van der Waals surface area contributed by atoms with E-state index in [2.05, 4.69) is 5.32 Å². The maximum absolute atomic E-state index is 12.7. The fourth-order valence-corrected chi connectivity index (χ4v) is 3.67. The van der Waals surface area contributed by atoms with E-state index in [0.29, 0.717) is 12.1 Å². The number of carbonyl (C=O) groups is 2. The monoisotopic (exact) mass is 450 g/mol. The fraction of sp³-hybridized carbons (Fsp3) is 0.107. The molecule has 1 atom stereocenters. The maximum atomic E-state index is 12.7. The van der Waals surface area contributed by atoms with Gasteiger partial charge in [-0.25, -0.2) is 0 Å². The van der Waals surface area contributed by atoms with Crippen molar-refractivity contribution in [2.75, 3.05) is 0 Å². The molecule has 0 saturated carbocycles. The van der Waals surface area contributed by atoms with Gasteiger partial charge in [0.05, 0.1) is 12.2 Å². The summed E-state index contributed by atoms with van der Waals surface area (Å²) in [5.41, 5.74) is 11.0. The van der Waals surface area contributed by atoms with Gasteiger partial charge in [0.2, 0.25) is 11.8 Å². The summed E-state index contributed by atoms with van der Waals surface area (Å²) in [6.45, 7) is 2.64. The number of carbonyl (C=O) groups excluding carboxylic acids is 2. The summed E-state index contributed by atoms with van der Waals surface area (Å²) in [5, 5.41) is 7.47. The highest BCUT2D eigenvalue weighted by molar-refractivity contribution is 5.96. The summed E-state index contributed by atoms with van der Waals surface area (Å²) in [4.78, 5) is 24.6. The van der Waals surface area contributed by atoms with Crippen molar-refractivity contribution in [2.45, 2.75) is 19.5 Å². The van der Waals surface area contributed by atoms with Gasteiger partial charge in [0.25, 0.3) is 0 Å². The van der Waals surface area contributed by atoms with Crippen molar-refractivity contribution in [1.82, 2.24) is 15.1 Å². The first kappa shape index (κ1) is 22.7. The van der Waals surface area contributed by atoms with Crippen molar-refractivity contribution in [2.24, 2.45) is 5.73 Å². The van der Waals surface area contributed by atoms with Gasteiger partial charge in [0.15, 0.2) is 0 Å². The van der Waals surface area contributed by atoms with E-state index in [0.717, 1.165) is 27.9 Å². The Hall–Kier alpha value is -4.45. The number of nitrogens with zero attached hydrogens (tertiary/aromatic N) is 2. The fourth-order valence-electron chi connectivity index (χ4n) is 3.67. The molecule has 3 N–H and O–H groups in total. The van der Waals surface area contributed by atoms with Crippen LogP contribution in [-0.4, -0.2) is 21.6 Å². The van der Waals surface area contributed by atoms with Gasteiger partial charge < -0.3 is 11.1 Å². The van der Waals surface area contributed by atoms with Gasteiger partial charge in [-0.2, -0.15) is 5.10 Å². The topological polar surface area (TPSA) is 90.0 Å². The summed E-state index contributed by atoms with van der Waals surface area (Å²) in [5.74, 6) is -1.04. The summed E-state index contributed by atoms with van der Waals surface area (Å²) in [7, 11) is 0. The maximum Gasteiger partial charge on any atom is 0.244 e. The van der Waals surface area contributed by atoms with Crippen LogP contribution in [0.3, 0.4) is 0 Å². The van der Waals surface area contributed by atoms with E-state index in [9.17, 15) is 9.59 Å². The Morgan fingerprint density at radius 1 is 0.971 bits per heavy atom. The zero-order valence-corrected chi connectivity index (χ0v) is 18.9.